The van der Waals surface area contributed by atoms with Crippen molar-refractivity contribution in [3.05, 3.63) is 77.2 Å². The van der Waals surface area contributed by atoms with Gasteiger partial charge >= 0.3 is 0 Å². The Balaban J connectivity index is 2.26. The Morgan fingerprint density at radius 3 is 2.62 bits per heavy atom. The maximum atomic E-state index is 8.43. The molecule has 3 nitrogen and oxygen atoms in total. The van der Waals surface area contributed by atoms with Crippen molar-refractivity contribution in [3.63, 3.8) is 0 Å². The molecule has 26 heavy (non-hydrogen) atoms. The monoisotopic (exact) mass is 349 g/mol. The fourth-order valence-electron chi connectivity index (χ4n) is 3.00. The van der Waals surface area contributed by atoms with E-state index in [0.717, 1.165) is 43.0 Å². The zero-order chi connectivity index (χ0) is 19.1. The minimum Gasteiger partial charge on any atom is -0.371 e. The molecule has 0 fully saturated rings. The van der Waals surface area contributed by atoms with E-state index in [0.29, 0.717) is 5.71 Å². The summed E-state index contributed by atoms with van der Waals surface area (Å²) in [6, 6.07) is 6.51. The second kappa shape index (κ2) is 9.23. The molecule has 0 aromatic heterocycles. The highest BCUT2D eigenvalue weighted by atomic mass is 15.1. The van der Waals surface area contributed by atoms with Crippen molar-refractivity contribution < 1.29 is 0 Å². The van der Waals surface area contributed by atoms with Gasteiger partial charge in [0.2, 0.25) is 0 Å². The molecule has 1 aliphatic rings. The second-order valence-corrected chi connectivity index (χ2v) is 6.67. The molecule has 0 unspecified atom stereocenters. The average Bonchev–Trinajstić information content (AvgIpc) is 2.60. The number of hydrogen-bond donors (Lipinski definition) is 2. The van der Waals surface area contributed by atoms with E-state index in [1.54, 1.807) is 0 Å². The molecule has 0 amide bonds. The molecule has 0 atom stereocenters. The van der Waals surface area contributed by atoms with Crippen LogP contribution in [0.5, 0.6) is 0 Å². The lowest BCUT2D eigenvalue weighted by atomic mass is 10.0. The summed E-state index contributed by atoms with van der Waals surface area (Å²) in [5.41, 5.74) is 7.11. The van der Waals surface area contributed by atoms with Crippen LogP contribution in [0.1, 0.15) is 43.4 Å². The minimum absolute atomic E-state index is 0.472. The van der Waals surface area contributed by atoms with Crippen molar-refractivity contribution in [2.24, 2.45) is 0 Å². The number of hydrogen-bond acceptors (Lipinski definition) is 3. The van der Waals surface area contributed by atoms with Crippen molar-refractivity contribution in [3.8, 4) is 0 Å². The molecule has 0 radical (unpaired) electrons. The Kier molecular flexibility index (Phi) is 7.02. The summed E-state index contributed by atoms with van der Waals surface area (Å²) in [7, 11) is 0. The van der Waals surface area contributed by atoms with E-state index >= 15 is 0 Å². The quantitative estimate of drug-likeness (QED) is 0.680. The van der Waals surface area contributed by atoms with Crippen LogP contribution in [0.3, 0.4) is 0 Å². The van der Waals surface area contributed by atoms with Crippen LogP contribution in [-0.2, 0) is 0 Å². The van der Waals surface area contributed by atoms with Crippen LogP contribution in [0.2, 0.25) is 0 Å². The molecule has 0 aliphatic carbocycles. The molecule has 0 saturated heterocycles. The summed E-state index contributed by atoms with van der Waals surface area (Å²) in [5, 5.41) is 12.0. The number of rotatable bonds is 6. The van der Waals surface area contributed by atoms with Gasteiger partial charge in [-0.2, -0.15) is 0 Å². The van der Waals surface area contributed by atoms with Crippen molar-refractivity contribution in [1.82, 2.24) is 10.2 Å². The van der Waals surface area contributed by atoms with Gasteiger partial charge in [0.05, 0.1) is 11.4 Å². The predicted octanol–water partition coefficient (Wildman–Crippen LogP) is 5.34. The summed E-state index contributed by atoms with van der Waals surface area (Å²) < 4.78 is 0. The molecular formula is C23H31N3. The number of nitrogens with one attached hydrogen (secondary N) is 2. The summed E-state index contributed by atoms with van der Waals surface area (Å²) in [4.78, 5) is 2.11. The van der Waals surface area contributed by atoms with Gasteiger partial charge in [0, 0.05) is 24.5 Å². The molecule has 3 heteroatoms. The molecule has 2 rings (SSSR count). The first-order valence-corrected chi connectivity index (χ1v) is 9.41. The third kappa shape index (κ3) is 4.98. The van der Waals surface area contributed by atoms with E-state index in [4.69, 9.17) is 5.41 Å². The van der Waals surface area contributed by atoms with Crippen LogP contribution >= 0.6 is 0 Å². The first-order chi connectivity index (χ1) is 12.5. The van der Waals surface area contributed by atoms with Gasteiger partial charge in [-0.1, -0.05) is 30.9 Å². The standard InChI is InChI=1S/C23H31N3/c1-6-26(7-2)19(5)22(24)16-21-11-9-8-10-12-23(25-21)20-14-13-17(3)18(4)15-20/h8,10,12-16,24-25H,5-7,9,11H2,1-4H3/b10-8-,21-16-,23-12-,24-22?. The smallest absolute Gasteiger partial charge is 0.0784 e. The Bertz CT molecular complexity index is 762. The topological polar surface area (TPSA) is 39.1 Å². The first-order valence-electron chi connectivity index (χ1n) is 9.41. The first kappa shape index (κ1) is 19.8. The largest absolute Gasteiger partial charge is 0.371 e. The molecule has 0 saturated carbocycles. The molecule has 0 bridgehead atoms. The summed E-state index contributed by atoms with van der Waals surface area (Å²) >= 11 is 0. The Morgan fingerprint density at radius 1 is 1.23 bits per heavy atom. The lowest BCUT2D eigenvalue weighted by Crippen LogP contribution is -2.26. The molecule has 1 aromatic carbocycles. The third-order valence-corrected chi connectivity index (χ3v) is 4.87. The number of benzene rings is 1. The van der Waals surface area contributed by atoms with Gasteiger partial charge in [-0.25, -0.2) is 0 Å². The highest BCUT2D eigenvalue weighted by Gasteiger charge is 2.11. The van der Waals surface area contributed by atoms with Crippen LogP contribution in [0.25, 0.3) is 5.70 Å². The average molecular weight is 350 g/mol. The van der Waals surface area contributed by atoms with Crippen LogP contribution in [0.4, 0.5) is 0 Å². The third-order valence-electron chi connectivity index (χ3n) is 4.87. The fraction of sp³-hybridized carbons (Fsp3) is 0.348. The number of aryl methyl sites for hydroxylation is 2. The van der Waals surface area contributed by atoms with Gasteiger partial charge in [-0.3, -0.25) is 5.41 Å². The summed E-state index contributed by atoms with van der Waals surface area (Å²) in [5.74, 6) is 0. The Hall–Kier alpha value is -2.55. The predicted molar refractivity (Wildman–Crippen MR) is 113 cm³/mol. The van der Waals surface area contributed by atoms with E-state index in [1.165, 1.54) is 16.7 Å². The maximum Gasteiger partial charge on any atom is 0.0784 e. The van der Waals surface area contributed by atoms with Gasteiger partial charge in [0.25, 0.3) is 0 Å². The minimum atomic E-state index is 0.472. The van der Waals surface area contributed by atoms with Crippen LogP contribution in [0.15, 0.2) is 60.5 Å². The lowest BCUT2D eigenvalue weighted by Gasteiger charge is -2.23. The van der Waals surface area contributed by atoms with Gasteiger partial charge in [-0.05, 0) is 75.4 Å². The maximum absolute atomic E-state index is 8.43. The fourth-order valence-corrected chi connectivity index (χ4v) is 3.00. The zero-order valence-electron chi connectivity index (χ0n) is 16.5. The Morgan fingerprint density at radius 2 is 1.96 bits per heavy atom. The summed E-state index contributed by atoms with van der Waals surface area (Å²) in [6.07, 6.45) is 10.2. The molecule has 0 spiro atoms. The molecule has 1 aromatic rings. The van der Waals surface area contributed by atoms with Gasteiger partial charge < -0.3 is 10.2 Å². The molecule has 1 aliphatic heterocycles. The lowest BCUT2D eigenvalue weighted by molar-refractivity contribution is 0.402. The van der Waals surface area contributed by atoms with E-state index in [2.05, 4.69) is 80.9 Å². The number of nitrogens with zero attached hydrogens (tertiary/aromatic N) is 1. The van der Waals surface area contributed by atoms with Gasteiger partial charge in [-0.15, -0.1) is 0 Å². The Labute approximate surface area is 158 Å². The number of allylic oxidation sites excluding steroid dienone is 5. The molecule has 1 heterocycles. The van der Waals surface area contributed by atoms with Gasteiger partial charge in [0.15, 0.2) is 0 Å². The van der Waals surface area contributed by atoms with Crippen molar-refractivity contribution in [2.45, 2.75) is 40.5 Å². The molecule has 138 valence electrons. The van der Waals surface area contributed by atoms with E-state index in [9.17, 15) is 0 Å². The normalized spacial score (nSPS) is 18.9. The second-order valence-electron chi connectivity index (χ2n) is 6.67. The molecular weight excluding hydrogens is 318 g/mol. The van der Waals surface area contributed by atoms with Crippen LogP contribution < -0.4 is 5.32 Å². The van der Waals surface area contributed by atoms with Crippen LogP contribution in [-0.4, -0.2) is 23.7 Å². The highest BCUT2D eigenvalue weighted by molar-refractivity contribution is 6.05. The van der Waals surface area contributed by atoms with Crippen molar-refractivity contribution in [1.29, 1.82) is 5.41 Å². The van der Waals surface area contributed by atoms with E-state index < -0.39 is 0 Å². The van der Waals surface area contributed by atoms with Gasteiger partial charge in [0.1, 0.15) is 0 Å². The summed E-state index contributed by atoms with van der Waals surface area (Å²) in [6.45, 7) is 14.3. The van der Waals surface area contributed by atoms with Crippen molar-refractivity contribution >= 4 is 11.4 Å². The SMILES string of the molecule is C=C(C(=N)/C=C1/CC/C=C\C=C(\c2ccc(C)c(C)c2)N1)N(CC)CC. The van der Waals surface area contributed by atoms with E-state index in [-0.39, 0.29) is 0 Å². The van der Waals surface area contributed by atoms with Crippen molar-refractivity contribution in [2.75, 3.05) is 13.1 Å². The molecule has 2 N–H and O–H groups in total. The van der Waals surface area contributed by atoms with Crippen LogP contribution in [0, 0.1) is 19.3 Å². The highest BCUT2D eigenvalue weighted by Crippen LogP contribution is 2.21. The van der Waals surface area contributed by atoms with E-state index in [1.807, 2.05) is 6.08 Å². The zero-order valence-corrected chi connectivity index (χ0v) is 16.5.